The Morgan fingerprint density at radius 2 is 2.15 bits per heavy atom. The Hall–Kier alpha value is -1.32. The first-order valence-electron chi connectivity index (χ1n) is 4.28. The molecule has 0 saturated carbocycles. The van der Waals surface area contributed by atoms with Crippen LogP contribution in [0.15, 0.2) is 12.4 Å². The van der Waals surface area contributed by atoms with Gasteiger partial charge in [-0.2, -0.15) is 5.10 Å². The zero-order valence-corrected chi connectivity index (χ0v) is 8.48. The lowest BCUT2D eigenvalue weighted by Crippen LogP contribution is -2.21. The molecule has 0 spiro atoms. The van der Waals surface area contributed by atoms with Crippen LogP contribution in [0.1, 0.15) is 30.2 Å². The van der Waals surface area contributed by atoms with Gasteiger partial charge in [-0.15, -0.1) is 0 Å². The molecule has 0 aliphatic heterocycles. The molecule has 4 heteroatoms. The Kier molecular flexibility index (Phi) is 2.70. The second-order valence-electron chi connectivity index (χ2n) is 3.50. The lowest BCUT2D eigenvalue weighted by Gasteiger charge is -2.07. The standard InChI is InChI=1S/C9H15N3O/c1-7(2)12-6-8(5-10-12)9(13)11(3)4/h5-7H,1-4H3. The number of carbonyl (C=O) groups excluding carboxylic acids is 1. The molecule has 1 rings (SSSR count). The zero-order valence-electron chi connectivity index (χ0n) is 8.48. The minimum atomic E-state index is -0.00750. The number of carbonyl (C=O) groups is 1. The van der Waals surface area contributed by atoms with Crippen LogP contribution in [0.25, 0.3) is 0 Å². The maximum atomic E-state index is 11.5. The van der Waals surface area contributed by atoms with E-state index in [0.29, 0.717) is 11.6 Å². The summed E-state index contributed by atoms with van der Waals surface area (Å²) in [4.78, 5) is 13.0. The summed E-state index contributed by atoms with van der Waals surface area (Å²) in [6, 6.07) is 0.295. The first-order valence-corrected chi connectivity index (χ1v) is 4.28. The number of hydrogen-bond acceptors (Lipinski definition) is 2. The van der Waals surface area contributed by atoms with Crippen molar-refractivity contribution >= 4 is 5.91 Å². The number of amides is 1. The summed E-state index contributed by atoms with van der Waals surface area (Å²) in [5.41, 5.74) is 0.638. The van der Waals surface area contributed by atoms with Crippen LogP contribution < -0.4 is 0 Å². The predicted molar refractivity (Wildman–Crippen MR) is 50.6 cm³/mol. The van der Waals surface area contributed by atoms with Crippen LogP contribution in [0.3, 0.4) is 0 Å². The summed E-state index contributed by atoms with van der Waals surface area (Å²) in [6.45, 7) is 4.05. The third-order valence-electron chi connectivity index (χ3n) is 1.78. The van der Waals surface area contributed by atoms with Gasteiger partial charge in [-0.05, 0) is 13.8 Å². The van der Waals surface area contributed by atoms with Crippen molar-refractivity contribution in [3.63, 3.8) is 0 Å². The fourth-order valence-electron chi connectivity index (χ4n) is 0.989. The van der Waals surface area contributed by atoms with Crippen LogP contribution >= 0.6 is 0 Å². The molecule has 0 N–H and O–H groups in total. The molecule has 4 nitrogen and oxygen atoms in total. The number of nitrogens with zero attached hydrogens (tertiary/aromatic N) is 3. The molecule has 1 aromatic heterocycles. The average Bonchev–Trinajstić information content (AvgIpc) is 2.50. The fraction of sp³-hybridized carbons (Fsp3) is 0.556. The molecular formula is C9H15N3O. The van der Waals surface area contributed by atoms with E-state index in [2.05, 4.69) is 5.10 Å². The number of rotatable bonds is 2. The molecule has 0 radical (unpaired) electrons. The van der Waals surface area contributed by atoms with Gasteiger partial charge in [0.25, 0.3) is 5.91 Å². The second kappa shape index (κ2) is 3.60. The molecule has 1 amide bonds. The average molecular weight is 181 g/mol. The lowest BCUT2D eigenvalue weighted by molar-refractivity contribution is 0.0827. The highest BCUT2D eigenvalue weighted by Gasteiger charge is 2.10. The minimum Gasteiger partial charge on any atom is -0.345 e. The van der Waals surface area contributed by atoms with Gasteiger partial charge in [-0.3, -0.25) is 9.48 Å². The molecule has 0 atom stereocenters. The van der Waals surface area contributed by atoms with Crippen molar-refractivity contribution < 1.29 is 4.79 Å². The molecule has 0 fully saturated rings. The highest BCUT2D eigenvalue weighted by molar-refractivity contribution is 5.93. The van der Waals surface area contributed by atoms with E-state index in [9.17, 15) is 4.79 Å². The molecule has 0 aliphatic rings. The molecule has 72 valence electrons. The van der Waals surface area contributed by atoms with Crippen LogP contribution in [0, 0.1) is 0 Å². The molecule has 1 heterocycles. The van der Waals surface area contributed by atoms with Crippen LogP contribution in [-0.2, 0) is 0 Å². The first-order chi connectivity index (χ1) is 6.02. The molecule has 0 aliphatic carbocycles. The van der Waals surface area contributed by atoms with E-state index < -0.39 is 0 Å². The van der Waals surface area contributed by atoms with Gasteiger partial charge in [-0.1, -0.05) is 0 Å². The van der Waals surface area contributed by atoms with E-state index in [1.54, 1.807) is 36.1 Å². The van der Waals surface area contributed by atoms with Gasteiger partial charge >= 0.3 is 0 Å². The van der Waals surface area contributed by atoms with Gasteiger partial charge in [0.05, 0.1) is 11.8 Å². The topological polar surface area (TPSA) is 38.1 Å². The predicted octanol–water partition coefficient (Wildman–Crippen LogP) is 1.17. The molecule has 0 aromatic carbocycles. The van der Waals surface area contributed by atoms with Crippen molar-refractivity contribution in [1.82, 2.24) is 14.7 Å². The van der Waals surface area contributed by atoms with Crippen LogP contribution in [0.2, 0.25) is 0 Å². The van der Waals surface area contributed by atoms with E-state index in [1.807, 2.05) is 13.8 Å². The summed E-state index contributed by atoms with van der Waals surface area (Å²) < 4.78 is 1.77. The highest BCUT2D eigenvalue weighted by Crippen LogP contribution is 2.06. The SMILES string of the molecule is CC(C)n1cc(C(=O)N(C)C)cn1. The Balaban J connectivity index is 2.86. The van der Waals surface area contributed by atoms with Crippen molar-refractivity contribution in [2.45, 2.75) is 19.9 Å². The van der Waals surface area contributed by atoms with Gasteiger partial charge < -0.3 is 4.90 Å². The van der Waals surface area contributed by atoms with E-state index in [0.717, 1.165) is 0 Å². The molecule has 1 aromatic rings. The Morgan fingerprint density at radius 1 is 1.54 bits per heavy atom. The van der Waals surface area contributed by atoms with Crippen LogP contribution in [0.5, 0.6) is 0 Å². The Bertz CT molecular complexity index is 302. The third kappa shape index (κ3) is 2.08. The van der Waals surface area contributed by atoms with Crippen LogP contribution in [0.4, 0.5) is 0 Å². The summed E-state index contributed by atoms with van der Waals surface area (Å²) in [5, 5.41) is 4.09. The smallest absolute Gasteiger partial charge is 0.256 e. The van der Waals surface area contributed by atoms with E-state index in [4.69, 9.17) is 0 Å². The van der Waals surface area contributed by atoms with Crippen molar-refractivity contribution in [2.24, 2.45) is 0 Å². The van der Waals surface area contributed by atoms with Crippen LogP contribution in [-0.4, -0.2) is 34.7 Å². The fourth-order valence-corrected chi connectivity index (χ4v) is 0.989. The van der Waals surface area contributed by atoms with Crippen molar-refractivity contribution in [3.05, 3.63) is 18.0 Å². The quantitative estimate of drug-likeness (QED) is 0.686. The van der Waals surface area contributed by atoms with Gasteiger partial charge in [0.15, 0.2) is 0 Å². The van der Waals surface area contributed by atoms with Gasteiger partial charge in [-0.25, -0.2) is 0 Å². The molecule has 13 heavy (non-hydrogen) atoms. The largest absolute Gasteiger partial charge is 0.345 e. The molecular weight excluding hydrogens is 166 g/mol. The molecule has 0 unspecified atom stereocenters. The van der Waals surface area contributed by atoms with Gasteiger partial charge in [0.1, 0.15) is 0 Å². The minimum absolute atomic E-state index is 0.00750. The zero-order chi connectivity index (χ0) is 10.0. The van der Waals surface area contributed by atoms with E-state index >= 15 is 0 Å². The Labute approximate surface area is 78.1 Å². The summed E-state index contributed by atoms with van der Waals surface area (Å²) in [6.07, 6.45) is 3.37. The molecule has 0 saturated heterocycles. The first kappa shape index (κ1) is 9.77. The van der Waals surface area contributed by atoms with E-state index in [1.165, 1.54) is 0 Å². The normalized spacial score (nSPS) is 10.5. The number of hydrogen-bond donors (Lipinski definition) is 0. The Morgan fingerprint density at radius 3 is 2.54 bits per heavy atom. The maximum Gasteiger partial charge on any atom is 0.256 e. The maximum absolute atomic E-state index is 11.5. The lowest BCUT2D eigenvalue weighted by atomic mass is 10.3. The van der Waals surface area contributed by atoms with Gasteiger partial charge in [0.2, 0.25) is 0 Å². The monoisotopic (exact) mass is 181 g/mol. The summed E-state index contributed by atoms with van der Waals surface area (Å²) >= 11 is 0. The van der Waals surface area contributed by atoms with Crippen molar-refractivity contribution in [1.29, 1.82) is 0 Å². The van der Waals surface area contributed by atoms with Crippen molar-refractivity contribution in [3.8, 4) is 0 Å². The van der Waals surface area contributed by atoms with E-state index in [-0.39, 0.29) is 5.91 Å². The van der Waals surface area contributed by atoms with Gasteiger partial charge in [0, 0.05) is 26.3 Å². The summed E-state index contributed by atoms with van der Waals surface area (Å²) in [5.74, 6) is -0.00750. The van der Waals surface area contributed by atoms with Crippen molar-refractivity contribution in [2.75, 3.05) is 14.1 Å². The number of aromatic nitrogens is 2. The third-order valence-corrected chi connectivity index (χ3v) is 1.78. The molecule has 0 bridgehead atoms. The second-order valence-corrected chi connectivity index (χ2v) is 3.50. The summed E-state index contributed by atoms with van der Waals surface area (Å²) in [7, 11) is 3.46. The highest BCUT2D eigenvalue weighted by atomic mass is 16.2.